The number of halogens is 3. The number of hydrogen-bond donors (Lipinski definition) is 0. The van der Waals surface area contributed by atoms with Crippen LogP contribution in [0.3, 0.4) is 0 Å². The van der Waals surface area contributed by atoms with E-state index in [0.717, 1.165) is 0 Å². The molecule has 0 fully saturated rings. The monoisotopic (exact) mass is 854 g/mol. The average Bonchev–Trinajstić information content (AvgIpc) is 3.87. The highest BCUT2D eigenvalue weighted by Crippen LogP contribution is 2.47. The van der Waals surface area contributed by atoms with Crippen LogP contribution in [0.1, 0.15) is 38.9 Å². The smallest absolute Gasteiger partial charge is 0.309 e. The predicted molar refractivity (Wildman–Crippen MR) is 245 cm³/mol. The van der Waals surface area contributed by atoms with E-state index in [-0.39, 0.29) is 50.3 Å². The van der Waals surface area contributed by atoms with Gasteiger partial charge in [-0.15, -0.1) is 0 Å². The summed E-state index contributed by atoms with van der Waals surface area (Å²) in [5, 5.41) is 61.9. The Morgan fingerprint density at radius 3 is 0.955 bits per heavy atom. The minimum Gasteiger partial charge on any atom is -0.309 e. The maximum Gasteiger partial charge on any atom is 0.420 e. The molecule has 0 unspecified atom stereocenters. The van der Waals surface area contributed by atoms with E-state index in [0.29, 0.717) is 71.4 Å². The lowest BCUT2D eigenvalue weighted by Crippen LogP contribution is -2.16. The van der Waals surface area contributed by atoms with E-state index in [4.69, 9.17) is 0 Å². The van der Waals surface area contributed by atoms with E-state index >= 15 is 13.2 Å². The summed E-state index contributed by atoms with van der Waals surface area (Å²) in [6.07, 6.45) is -5.01. The van der Waals surface area contributed by atoms with Gasteiger partial charge in [0.15, 0.2) is 0 Å². The molecule has 0 N–H and O–H groups in total. The molecule has 0 aliphatic carbocycles. The van der Waals surface area contributed by atoms with Crippen LogP contribution in [-0.4, -0.2) is 9.13 Å². The molecule has 10 rings (SSSR count). The fourth-order valence-electron chi connectivity index (χ4n) is 9.01. The van der Waals surface area contributed by atoms with Crippen LogP contribution in [-0.2, 0) is 6.18 Å². The number of alkyl halides is 3. The van der Waals surface area contributed by atoms with E-state index in [2.05, 4.69) is 36.4 Å². The van der Waals surface area contributed by atoms with Gasteiger partial charge in [0.1, 0.15) is 5.56 Å². The number of hydrogen-bond acceptors (Lipinski definition) is 6. The normalized spacial score (nSPS) is 11.2. The lowest BCUT2D eigenvalue weighted by molar-refractivity contribution is -0.137. The van der Waals surface area contributed by atoms with Crippen molar-refractivity contribution in [3.63, 3.8) is 0 Å². The summed E-state index contributed by atoms with van der Waals surface area (Å²) in [5.41, 5.74) is 4.29. The van der Waals surface area contributed by atoms with Crippen molar-refractivity contribution in [3.05, 3.63) is 191 Å². The number of nitrogens with zero attached hydrogens (tertiary/aromatic N) is 8. The second kappa shape index (κ2) is 15.5. The Morgan fingerprint density at radius 2 is 0.621 bits per heavy atom. The zero-order valence-corrected chi connectivity index (χ0v) is 34.1. The number of aromatic nitrogens is 2. The van der Waals surface area contributed by atoms with Crippen LogP contribution >= 0.6 is 0 Å². The van der Waals surface area contributed by atoms with Crippen LogP contribution in [0.4, 0.5) is 13.2 Å². The number of nitriles is 6. The van der Waals surface area contributed by atoms with Crippen molar-refractivity contribution in [3.8, 4) is 81.2 Å². The molecule has 0 saturated heterocycles. The Balaban J connectivity index is 1.38. The minimum atomic E-state index is -5.01. The van der Waals surface area contributed by atoms with Crippen molar-refractivity contribution < 1.29 is 13.2 Å². The van der Waals surface area contributed by atoms with Crippen molar-refractivity contribution >= 4 is 43.6 Å². The summed E-state index contributed by atoms with van der Waals surface area (Å²) in [7, 11) is 0. The van der Waals surface area contributed by atoms with E-state index in [9.17, 15) is 31.6 Å². The topological polar surface area (TPSA) is 153 Å². The van der Waals surface area contributed by atoms with E-state index < -0.39 is 11.7 Å². The first-order valence-corrected chi connectivity index (χ1v) is 20.2. The van der Waals surface area contributed by atoms with Crippen LogP contribution in [0.25, 0.3) is 88.4 Å². The second-order valence-electron chi connectivity index (χ2n) is 15.6. The van der Waals surface area contributed by atoms with Crippen LogP contribution in [0.15, 0.2) is 152 Å². The summed E-state index contributed by atoms with van der Waals surface area (Å²) in [5.74, 6) is 0. The molecule has 0 spiro atoms. The van der Waals surface area contributed by atoms with Crippen LogP contribution in [0.2, 0.25) is 0 Å². The highest BCUT2D eigenvalue weighted by molar-refractivity contribution is 6.12. The van der Waals surface area contributed by atoms with Gasteiger partial charge in [-0.25, -0.2) is 0 Å². The molecule has 2 heterocycles. The molecule has 0 saturated carbocycles. The van der Waals surface area contributed by atoms with Gasteiger partial charge in [0.05, 0.1) is 103 Å². The van der Waals surface area contributed by atoms with Gasteiger partial charge >= 0.3 is 6.18 Å². The van der Waals surface area contributed by atoms with Crippen molar-refractivity contribution in [2.75, 3.05) is 0 Å². The lowest BCUT2D eigenvalue weighted by atomic mass is 9.96. The van der Waals surface area contributed by atoms with Gasteiger partial charge in [-0.2, -0.15) is 44.7 Å². The largest absolute Gasteiger partial charge is 0.420 e. The Hall–Kier alpha value is -9.91. The second-order valence-corrected chi connectivity index (χ2v) is 15.6. The molecule has 0 atom stereocenters. The molecule has 0 amide bonds. The minimum absolute atomic E-state index is 0.141. The SMILES string of the molecule is N#Cc1cc(C#N)cc(-c2cc(-n3c4ccccc4c4ccc(-c5cc(C#N)cc(C#N)c5)cc43)c(C(F)(F)F)c(-n3c4ccccc4c4ccc(-c5cc(C#N)cc(C#N)c5)cc43)c2)c1. The van der Waals surface area contributed by atoms with Gasteiger partial charge in [0.25, 0.3) is 0 Å². The van der Waals surface area contributed by atoms with E-state index in [1.54, 1.807) is 81.9 Å². The van der Waals surface area contributed by atoms with Gasteiger partial charge in [-0.3, -0.25) is 0 Å². The molecule has 66 heavy (non-hydrogen) atoms. The summed E-state index contributed by atoms with van der Waals surface area (Å²) in [6.45, 7) is 0. The molecular weight excluding hydrogens is 830 g/mol. The van der Waals surface area contributed by atoms with Crippen LogP contribution in [0, 0.1) is 68.0 Å². The summed E-state index contributed by atoms with van der Waals surface area (Å²) >= 11 is 0. The van der Waals surface area contributed by atoms with Gasteiger partial charge in [-0.05, 0) is 124 Å². The Bertz CT molecular complexity index is 3700. The number of fused-ring (bicyclic) bond motifs is 6. The number of benzene rings is 8. The van der Waals surface area contributed by atoms with Gasteiger partial charge in [0.2, 0.25) is 0 Å². The highest BCUT2D eigenvalue weighted by Gasteiger charge is 2.39. The molecule has 0 bridgehead atoms. The van der Waals surface area contributed by atoms with Gasteiger partial charge in [0, 0.05) is 21.5 Å². The molecule has 0 radical (unpaired) electrons. The Labute approximate surface area is 374 Å². The van der Waals surface area contributed by atoms with Crippen LogP contribution < -0.4 is 0 Å². The lowest BCUT2D eigenvalue weighted by Gasteiger charge is -2.23. The zero-order valence-electron chi connectivity index (χ0n) is 34.1. The molecule has 306 valence electrons. The van der Waals surface area contributed by atoms with Crippen molar-refractivity contribution in [2.45, 2.75) is 6.18 Å². The fourth-order valence-corrected chi connectivity index (χ4v) is 9.01. The first kappa shape index (κ1) is 40.2. The molecule has 0 aliphatic rings. The quantitative estimate of drug-likeness (QED) is 0.168. The third kappa shape index (κ3) is 6.59. The molecule has 8 nitrogen and oxygen atoms in total. The van der Waals surface area contributed by atoms with Gasteiger partial charge in [-0.1, -0.05) is 60.7 Å². The summed E-state index contributed by atoms with van der Waals surface area (Å²) in [4.78, 5) is 0. The summed E-state index contributed by atoms with van der Waals surface area (Å²) < 4.78 is 53.1. The fraction of sp³-hybridized carbons (Fsp3) is 0.0182. The van der Waals surface area contributed by atoms with Crippen LogP contribution in [0.5, 0.6) is 0 Å². The first-order chi connectivity index (χ1) is 32.0. The number of rotatable bonds is 5. The molecule has 2 aromatic heterocycles. The zero-order chi connectivity index (χ0) is 45.9. The Kier molecular flexibility index (Phi) is 9.41. The summed E-state index contributed by atoms with van der Waals surface area (Å²) in [6, 6.07) is 54.3. The maximum absolute atomic E-state index is 16.7. The molecular formula is C55H25F3N8. The predicted octanol–water partition coefficient (Wildman–Crippen LogP) is 13.1. The standard InChI is InChI=1S/C55H25F3N8/c56-55(57,58)54-52(65-48-7-3-1-5-44(48)46-11-9-38(22-50(46)65)40-16-32(26-59)13-33(17-40)27-60)24-43(42-20-36(30-63)15-37(21-42)31-64)25-53(54)66-49-8-4-2-6-45(49)47-12-10-39(23-51(47)66)41-18-34(28-61)14-35(19-41)29-62/h1-25H. The first-order valence-electron chi connectivity index (χ1n) is 20.2. The average molecular weight is 855 g/mol. The van der Waals surface area contributed by atoms with E-state index in [1.165, 1.54) is 42.5 Å². The molecule has 11 heteroatoms. The van der Waals surface area contributed by atoms with Crippen molar-refractivity contribution in [2.24, 2.45) is 0 Å². The Morgan fingerprint density at radius 1 is 0.318 bits per heavy atom. The molecule has 0 aliphatic heterocycles. The third-order valence-corrected chi connectivity index (χ3v) is 11.8. The molecule has 8 aromatic carbocycles. The third-order valence-electron chi connectivity index (χ3n) is 11.8. The van der Waals surface area contributed by atoms with Crippen molar-refractivity contribution in [1.82, 2.24) is 9.13 Å². The molecule has 10 aromatic rings. The van der Waals surface area contributed by atoms with Crippen molar-refractivity contribution in [1.29, 1.82) is 31.6 Å². The maximum atomic E-state index is 16.7. The van der Waals surface area contributed by atoms with E-state index in [1.807, 2.05) is 36.4 Å². The van der Waals surface area contributed by atoms with Gasteiger partial charge < -0.3 is 9.13 Å². The number of para-hydroxylation sites is 2. The highest BCUT2D eigenvalue weighted by atomic mass is 19.4.